The summed E-state index contributed by atoms with van der Waals surface area (Å²) in [6, 6.07) is 5.15. The van der Waals surface area contributed by atoms with E-state index in [0.29, 0.717) is 5.56 Å². The molecule has 0 spiro atoms. The number of nitrogens with one attached hydrogen (secondary N) is 1. The van der Waals surface area contributed by atoms with E-state index in [0.717, 1.165) is 5.56 Å². The fourth-order valence-corrected chi connectivity index (χ4v) is 3.65. The molecule has 0 bridgehead atoms. The number of benzene rings is 1. The van der Waals surface area contributed by atoms with Gasteiger partial charge in [0.15, 0.2) is 0 Å². The Bertz CT molecular complexity index is 660. The van der Waals surface area contributed by atoms with E-state index in [-0.39, 0.29) is 4.90 Å². The van der Waals surface area contributed by atoms with Gasteiger partial charge in [-0.15, -0.1) is 0 Å². The Balaban J connectivity index is 3.28. The first kappa shape index (κ1) is 17.7. The summed E-state index contributed by atoms with van der Waals surface area (Å²) in [5.74, 6) is -1.06. The molecule has 0 amide bonds. The zero-order chi connectivity index (χ0) is 16.6. The van der Waals surface area contributed by atoms with Gasteiger partial charge in [-0.25, -0.2) is 13.1 Å². The van der Waals surface area contributed by atoms with Crippen LogP contribution in [-0.2, 0) is 14.8 Å². The van der Waals surface area contributed by atoms with Crippen molar-refractivity contribution in [2.75, 3.05) is 0 Å². The molecule has 118 valence electrons. The molecule has 0 saturated carbocycles. The lowest BCUT2D eigenvalue weighted by Gasteiger charge is -2.38. The maximum atomic E-state index is 12.6. The van der Waals surface area contributed by atoms with E-state index in [2.05, 4.69) is 4.72 Å². The van der Waals surface area contributed by atoms with E-state index in [4.69, 9.17) is 0 Å². The van der Waals surface area contributed by atoms with Gasteiger partial charge in [0.25, 0.3) is 0 Å². The first-order valence-electron chi connectivity index (χ1n) is 6.66. The van der Waals surface area contributed by atoms with Gasteiger partial charge in [-0.1, -0.05) is 12.1 Å². The van der Waals surface area contributed by atoms with Crippen LogP contribution in [0.1, 0.15) is 38.8 Å². The van der Waals surface area contributed by atoms with Crippen molar-refractivity contribution in [3.8, 4) is 0 Å². The highest BCUT2D eigenvalue weighted by Gasteiger charge is 2.46. The van der Waals surface area contributed by atoms with Gasteiger partial charge in [0.2, 0.25) is 10.0 Å². The third-order valence-corrected chi connectivity index (χ3v) is 5.92. The normalized spacial score (nSPS) is 13.2. The fraction of sp³-hybridized carbons (Fsp3) is 0.533. The van der Waals surface area contributed by atoms with Crippen molar-refractivity contribution >= 4 is 16.0 Å². The van der Waals surface area contributed by atoms with Crippen molar-refractivity contribution < 1.29 is 18.3 Å². The van der Waals surface area contributed by atoms with Crippen LogP contribution in [0.5, 0.6) is 0 Å². The number of rotatable bonds is 5. The van der Waals surface area contributed by atoms with Crippen molar-refractivity contribution in [1.82, 2.24) is 4.72 Å². The standard InChI is InChI=1S/C15H23NO4S/c1-10-7-8-11(2)12(9-10)21(19,20)16-15(5,6)14(3,4)13(17)18/h7-9,16H,1-6H3,(H,17,18). The van der Waals surface area contributed by atoms with E-state index in [9.17, 15) is 18.3 Å². The van der Waals surface area contributed by atoms with E-state index in [1.807, 2.05) is 13.0 Å². The van der Waals surface area contributed by atoms with Crippen molar-refractivity contribution in [2.24, 2.45) is 5.41 Å². The average Bonchev–Trinajstić information content (AvgIpc) is 2.30. The number of sulfonamides is 1. The second-order valence-electron chi connectivity index (χ2n) is 6.43. The number of aryl methyl sites for hydroxylation is 2. The Hall–Kier alpha value is -1.40. The third-order valence-electron chi connectivity index (χ3n) is 4.12. The zero-order valence-electron chi connectivity index (χ0n) is 13.3. The average molecular weight is 313 g/mol. The highest BCUT2D eigenvalue weighted by Crippen LogP contribution is 2.32. The van der Waals surface area contributed by atoms with Crippen molar-refractivity contribution in [2.45, 2.75) is 52.0 Å². The number of carboxylic acid groups (broad SMARTS) is 1. The van der Waals surface area contributed by atoms with Gasteiger partial charge in [0.05, 0.1) is 10.3 Å². The van der Waals surface area contributed by atoms with Crippen molar-refractivity contribution in [1.29, 1.82) is 0 Å². The molecule has 2 N–H and O–H groups in total. The molecule has 0 unspecified atom stereocenters. The molecule has 1 aromatic carbocycles. The smallest absolute Gasteiger partial charge is 0.310 e. The first-order chi connectivity index (χ1) is 9.31. The van der Waals surface area contributed by atoms with E-state index >= 15 is 0 Å². The largest absolute Gasteiger partial charge is 0.481 e. The Morgan fingerprint density at radius 1 is 1.14 bits per heavy atom. The summed E-state index contributed by atoms with van der Waals surface area (Å²) < 4.78 is 27.7. The van der Waals surface area contributed by atoms with E-state index in [1.54, 1.807) is 32.9 Å². The number of hydrogen-bond acceptors (Lipinski definition) is 3. The molecule has 0 aliphatic rings. The molecule has 0 aromatic heterocycles. The number of carbonyl (C=O) groups is 1. The van der Waals surface area contributed by atoms with Crippen LogP contribution in [-0.4, -0.2) is 25.0 Å². The van der Waals surface area contributed by atoms with Gasteiger partial charge in [-0.05, 0) is 58.7 Å². The molecule has 21 heavy (non-hydrogen) atoms. The Kier molecular flexibility index (Phi) is 4.56. The quantitative estimate of drug-likeness (QED) is 0.874. The maximum absolute atomic E-state index is 12.6. The minimum atomic E-state index is -3.80. The minimum Gasteiger partial charge on any atom is -0.481 e. The molecule has 0 radical (unpaired) electrons. The summed E-state index contributed by atoms with van der Waals surface area (Å²) in [5.41, 5.74) is -0.945. The van der Waals surface area contributed by atoms with Crippen LogP contribution < -0.4 is 4.72 Å². The molecule has 0 saturated heterocycles. The van der Waals surface area contributed by atoms with Crippen LogP contribution in [0.25, 0.3) is 0 Å². The number of hydrogen-bond donors (Lipinski definition) is 2. The monoisotopic (exact) mass is 313 g/mol. The molecule has 0 heterocycles. The second kappa shape index (κ2) is 5.42. The van der Waals surface area contributed by atoms with Crippen LogP contribution >= 0.6 is 0 Å². The second-order valence-corrected chi connectivity index (χ2v) is 8.08. The highest BCUT2D eigenvalue weighted by atomic mass is 32.2. The lowest BCUT2D eigenvalue weighted by atomic mass is 9.75. The maximum Gasteiger partial charge on any atom is 0.310 e. The fourth-order valence-electron chi connectivity index (χ4n) is 1.78. The predicted molar refractivity (Wildman–Crippen MR) is 81.7 cm³/mol. The minimum absolute atomic E-state index is 0.178. The van der Waals surface area contributed by atoms with Crippen LogP contribution in [0.3, 0.4) is 0 Å². The summed E-state index contributed by atoms with van der Waals surface area (Å²) in [6.45, 7) is 9.67. The molecule has 0 aliphatic heterocycles. The van der Waals surface area contributed by atoms with Gasteiger partial charge in [0, 0.05) is 5.54 Å². The Morgan fingerprint density at radius 2 is 1.67 bits per heavy atom. The molecular formula is C15H23NO4S. The SMILES string of the molecule is Cc1ccc(C)c(S(=O)(=O)NC(C)(C)C(C)(C)C(=O)O)c1. The van der Waals surface area contributed by atoms with Crippen molar-refractivity contribution in [3.63, 3.8) is 0 Å². The summed E-state index contributed by atoms with van der Waals surface area (Å²) in [4.78, 5) is 11.6. The zero-order valence-corrected chi connectivity index (χ0v) is 14.1. The van der Waals surface area contributed by atoms with Crippen LogP contribution in [0.2, 0.25) is 0 Å². The predicted octanol–water partition coefficient (Wildman–Crippen LogP) is 2.47. The first-order valence-corrected chi connectivity index (χ1v) is 8.14. The van der Waals surface area contributed by atoms with Crippen LogP contribution in [0.4, 0.5) is 0 Å². The number of aliphatic carboxylic acids is 1. The molecule has 6 heteroatoms. The molecule has 0 atom stereocenters. The van der Waals surface area contributed by atoms with Crippen LogP contribution in [0, 0.1) is 19.3 Å². The summed E-state index contributed by atoms with van der Waals surface area (Å²) in [7, 11) is -3.80. The molecule has 1 rings (SSSR count). The lowest BCUT2D eigenvalue weighted by molar-refractivity contribution is -0.150. The lowest BCUT2D eigenvalue weighted by Crippen LogP contribution is -2.56. The van der Waals surface area contributed by atoms with Gasteiger partial charge in [0.1, 0.15) is 0 Å². The Labute approximate surface area is 126 Å². The van der Waals surface area contributed by atoms with Crippen molar-refractivity contribution in [3.05, 3.63) is 29.3 Å². The van der Waals surface area contributed by atoms with E-state index in [1.165, 1.54) is 13.8 Å². The molecule has 1 aromatic rings. The molecular weight excluding hydrogens is 290 g/mol. The molecule has 0 aliphatic carbocycles. The van der Waals surface area contributed by atoms with Gasteiger partial charge < -0.3 is 5.11 Å². The van der Waals surface area contributed by atoms with Crippen LogP contribution in [0.15, 0.2) is 23.1 Å². The molecule has 0 fully saturated rings. The Morgan fingerprint density at radius 3 is 2.14 bits per heavy atom. The van der Waals surface area contributed by atoms with E-state index < -0.39 is 26.9 Å². The topological polar surface area (TPSA) is 83.5 Å². The highest BCUT2D eigenvalue weighted by molar-refractivity contribution is 7.89. The van der Waals surface area contributed by atoms with Gasteiger partial charge >= 0.3 is 5.97 Å². The van der Waals surface area contributed by atoms with Gasteiger partial charge in [-0.2, -0.15) is 0 Å². The summed E-state index contributed by atoms with van der Waals surface area (Å²) >= 11 is 0. The third kappa shape index (κ3) is 3.44. The number of carboxylic acids is 1. The van der Waals surface area contributed by atoms with Gasteiger partial charge in [-0.3, -0.25) is 4.79 Å². The summed E-state index contributed by atoms with van der Waals surface area (Å²) in [5, 5.41) is 9.31. The molecule has 5 nitrogen and oxygen atoms in total. The summed E-state index contributed by atoms with van der Waals surface area (Å²) in [6.07, 6.45) is 0.